The molecular weight excluding hydrogens is 226 g/mol. The van der Waals surface area contributed by atoms with Crippen LogP contribution in [0.1, 0.15) is 4.88 Å². The van der Waals surface area contributed by atoms with E-state index in [0.29, 0.717) is 4.34 Å². The first kappa shape index (κ1) is 11.0. The van der Waals surface area contributed by atoms with E-state index in [1.807, 2.05) is 0 Å². The molecule has 6 heteroatoms. The van der Waals surface area contributed by atoms with Crippen LogP contribution in [0.5, 0.6) is 0 Å². The highest BCUT2D eigenvalue weighted by molar-refractivity contribution is 7.16. The fourth-order valence-electron chi connectivity index (χ4n) is 0.779. The van der Waals surface area contributed by atoms with Gasteiger partial charge in [0.05, 0.1) is 18.0 Å². The van der Waals surface area contributed by atoms with Crippen LogP contribution in [0.15, 0.2) is 12.1 Å². The Balaban J connectivity index is 2.41. The van der Waals surface area contributed by atoms with Gasteiger partial charge in [-0.15, -0.1) is 11.3 Å². The molecule has 0 spiro atoms. The molecule has 0 bridgehead atoms. The van der Waals surface area contributed by atoms with Crippen molar-refractivity contribution in [3.63, 3.8) is 0 Å². The second kappa shape index (κ2) is 4.97. The molecule has 4 nitrogen and oxygen atoms in total. The van der Waals surface area contributed by atoms with Gasteiger partial charge in [-0.1, -0.05) is 11.6 Å². The molecule has 1 aromatic heterocycles. The molecule has 0 unspecified atom stereocenters. The first-order valence-electron chi connectivity index (χ1n) is 3.74. The van der Waals surface area contributed by atoms with Crippen LogP contribution in [0.25, 0.3) is 0 Å². The zero-order chi connectivity index (χ0) is 10.6. The van der Waals surface area contributed by atoms with Crippen LogP contribution in [-0.2, 0) is 20.9 Å². The molecule has 76 valence electrons. The molecule has 14 heavy (non-hydrogen) atoms. The molecule has 0 atom stereocenters. The summed E-state index contributed by atoms with van der Waals surface area (Å²) in [5.41, 5.74) is 0. The minimum Gasteiger partial charge on any atom is -0.462 e. The predicted molar refractivity (Wildman–Crippen MR) is 53.2 cm³/mol. The molecule has 0 aliphatic carbocycles. The summed E-state index contributed by atoms with van der Waals surface area (Å²) in [7, 11) is 1.16. The summed E-state index contributed by atoms with van der Waals surface area (Å²) in [6.45, 7) is 0.283. The van der Waals surface area contributed by atoms with Crippen LogP contribution >= 0.6 is 22.9 Å². The smallest absolute Gasteiger partial charge is 0.396 e. The monoisotopic (exact) mass is 233 g/mol. The van der Waals surface area contributed by atoms with Crippen LogP contribution in [0.3, 0.4) is 0 Å². The Morgan fingerprint density at radius 2 is 2.29 bits per heavy atom. The van der Waals surface area contributed by atoms with E-state index >= 15 is 0 Å². The molecule has 1 aromatic rings. The van der Waals surface area contributed by atoms with Gasteiger partial charge in [-0.2, -0.15) is 0 Å². The maximum absolute atomic E-state index is 10.9. The maximum Gasteiger partial charge on any atom is 0.396 e. The topological polar surface area (TPSA) is 55.4 Å². The van der Waals surface area contributed by atoms with Crippen molar-refractivity contribution in [2.45, 2.75) is 6.54 Å². The van der Waals surface area contributed by atoms with Gasteiger partial charge in [0.15, 0.2) is 0 Å². The van der Waals surface area contributed by atoms with Gasteiger partial charge in [0.2, 0.25) is 0 Å². The molecular formula is C8H8ClNO3S. The van der Waals surface area contributed by atoms with Crippen molar-refractivity contribution >= 4 is 34.8 Å². The molecule has 0 fully saturated rings. The van der Waals surface area contributed by atoms with Crippen LogP contribution in [-0.4, -0.2) is 19.0 Å². The number of hydrogen-bond acceptors (Lipinski definition) is 4. The standard InChI is InChI=1S/C8H8ClNO3S/c1-13-8(12)7(11)10-4-5-2-3-6(9)14-5/h2-3H,4H2,1H3,(H,10,11). The van der Waals surface area contributed by atoms with Crippen molar-refractivity contribution < 1.29 is 14.3 Å². The van der Waals surface area contributed by atoms with Crippen molar-refractivity contribution in [3.8, 4) is 0 Å². The molecule has 0 saturated heterocycles. The van der Waals surface area contributed by atoms with Crippen LogP contribution in [0.2, 0.25) is 4.34 Å². The molecule has 0 aliphatic heterocycles. The molecule has 1 amide bonds. The van der Waals surface area contributed by atoms with Crippen molar-refractivity contribution in [3.05, 3.63) is 21.3 Å². The zero-order valence-electron chi connectivity index (χ0n) is 7.37. The highest BCUT2D eigenvalue weighted by Crippen LogP contribution is 2.20. The summed E-state index contributed by atoms with van der Waals surface area (Å²) in [6, 6.07) is 3.51. The lowest BCUT2D eigenvalue weighted by Crippen LogP contribution is -2.31. The summed E-state index contributed by atoms with van der Waals surface area (Å²) >= 11 is 7.03. The SMILES string of the molecule is COC(=O)C(=O)NCc1ccc(Cl)s1. The first-order chi connectivity index (χ1) is 6.63. The fourth-order valence-corrected chi connectivity index (χ4v) is 1.81. The number of ether oxygens (including phenoxy) is 1. The maximum atomic E-state index is 10.9. The highest BCUT2D eigenvalue weighted by Gasteiger charge is 2.12. The summed E-state index contributed by atoms with van der Waals surface area (Å²) in [6.07, 6.45) is 0. The van der Waals surface area contributed by atoms with Gasteiger partial charge in [-0.05, 0) is 12.1 Å². The number of nitrogens with one attached hydrogen (secondary N) is 1. The van der Waals surface area contributed by atoms with Gasteiger partial charge >= 0.3 is 11.9 Å². The number of rotatable bonds is 2. The number of esters is 1. The second-order valence-corrected chi connectivity index (χ2v) is 4.18. The third-order valence-corrected chi connectivity index (χ3v) is 2.65. The Morgan fingerprint density at radius 3 is 2.79 bits per heavy atom. The van der Waals surface area contributed by atoms with Crippen LogP contribution < -0.4 is 5.32 Å². The number of thiophene rings is 1. The van der Waals surface area contributed by atoms with Gasteiger partial charge in [-0.25, -0.2) is 4.79 Å². The summed E-state index contributed by atoms with van der Waals surface area (Å²) in [5.74, 6) is -1.65. The average Bonchev–Trinajstić information content (AvgIpc) is 2.59. The van der Waals surface area contributed by atoms with E-state index in [0.717, 1.165) is 12.0 Å². The van der Waals surface area contributed by atoms with E-state index in [2.05, 4.69) is 10.1 Å². The Morgan fingerprint density at radius 1 is 1.57 bits per heavy atom. The largest absolute Gasteiger partial charge is 0.462 e. The zero-order valence-corrected chi connectivity index (χ0v) is 8.95. The van der Waals surface area contributed by atoms with Gasteiger partial charge in [0, 0.05) is 4.88 Å². The van der Waals surface area contributed by atoms with Crippen molar-refractivity contribution in [1.29, 1.82) is 0 Å². The van der Waals surface area contributed by atoms with E-state index in [4.69, 9.17) is 11.6 Å². The van der Waals surface area contributed by atoms with E-state index < -0.39 is 11.9 Å². The van der Waals surface area contributed by atoms with E-state index in [1.165, 1.54) is 11.3 Å². The van der Waals surface area contributed by atoms with Gasteiger partial charge < -0.3 is 10.1 Å². The van der Waals surface area contributed by atoms with Gasteiger partial charge in [0.25, 0.3) is 0 Å². The van der Waals surface area contributed by atoms with Crippen LogP contribution in [0.4, 0.5) is 0 Å². The lowest BCUT2D eigenvalue weighted by Gasteiger charge is -2.00. The number of amides is 1. The summed E-state index contributed by atoms with van der Waals surface area (Å²) in [5, 5.41) is 2.40. The number of halogens is 1. The predicted octanol–water partition coefficient (Wildman–Crippen LogP) is 1.19. The summed E-state index contributed by atoms with van der Waals surface area (Å²) < 4.78 is 4.88. The molecule has 1 heterocycles. The lowest BCUT2D eigenvalue weighted by molar-refractivity contribution is -0.152. The number of carbonyl (C=O) groups excluding carboxylic acids is 2. The van der Waals surface area contributed by atoms with E-state index in [-0.39, 0.29) is 6.54 Å². The molecule has 1 rings (SSSR count). The van der Waals surface area contributed by atoms with Crippen molar-refractivity contribution in [1.82, 2.24) is 5.32 Å². The highest BCUT2D eigenvalue weighted by atomic mass is 35.5. The summed E-state index contributed by atoms with van der Waals surface area (Å²) in [4.78, 5) is 22.5. The van der Waals surface area contributed by atoms with E-state index in [9.17, 15) is 9.59 Å². The van der Waals surface area contributed by atoms with Crippen molar-refractivity contribution in [2.75, 3.05) is 7.11 Å². The average molecular weight is 234 g/mol. The Hall–Kier alpha value is -1.07. The van der Waals surface area contributed by atoms with Crippen molar-refractivity contribution in [2.24, 2.45) is 0 Å². The fraction of sp³-hybridized carbons (Fsp3) is 0.250. The Kier molecular flexibility index (Phi) is 3.91. The third-order valence-electron chi connectivity index (χ3n) is 1.42. The van der Waals surface area contributed by atoms with Crippen LogP contribution in [0, 0.1) is 0 Å². The number of hydrogen-bond donors (Lipinski definition) is 1. The minimum atomic E-state index is -0.896. The van der Waals surface area contributed by atoms with E-state index in [1.54, 1.807) is 12.1 Å². The number of carbonyl (C=O) groups is 2. The second-order valence-electron chi connectivity index (χ2n) is 2.38. The molecule has 0 aliphatic rings. The first-order valence-corrected chi connectivity index (χ1v) is 4.93. The Bertz CT molecular complexity index is 350. The lowest BCUT2D eigenvalue weighted by atomic mass is 10.4. The minimum absolute atomic E-state index is 0.283. The van der Waals surface area contributed by atoms with Gasteiger partial charge in [-0.3, -0.25) is 4.79 Å². The molecule has 0 radical (unpaired) electrons. The third kappa shape index (κ3) is 3.01. The molecule has 1 N–H and O–H groups in total. The molecule has 0 aromatic carbocycles. The van der Waals surface area contributed by atoms with Gasteiger partial charge in [0.1, 0.15) is 0 Å². The quantitative estimate of drug-likeness (QED) is 0.617. The normalized spacial score (nSPS) is 9.57. The molecule has 0 saturated carbocycles. The number of methoxy groups -OCH3 is 1. The Labute approximate surface area is 89.8 Å².